The number of anilines is 1. The molecular formula is C19H19N3O4. The maximum atomic E-state index is 12.8. The molecule has 0 aliphatic carbocycles. The first-order valence-electron chi connectivity index (χ1n) is 8.74. The number of aromatic nitrogens is 1. The molecule has 1 fully saturated rings. The lowest BCUT2D eigenvalue weighted by Gasteiger charge is -2.33. The Morgan fingerprint density at radius 3 is 2.62 bits per heavy atom. The van der Waals surface area contributed by atoms with Crippen LogP contribution in [0.25, 0.3) is 0 Å². The van der Waals surface area contributed by atoms with Crippen molar-refractivity contribution in [3.63, 3.8) is 0 Å². The second-order valence-electron chi connectivity index (χ2n) is 6.85. The summed E-state index contributed by atoms with van der Waals surface area (Å²) >= 11 is 0. The van der Waals surface area contributed by atoms with Crippen molar-refractivity contribution in [1.82, 2.24) is 10.1 Å². The van der Waals surface area contributed by atoms with E-state index in [1.807, 2.05) is 11.8 Å². The van der Waals surface area contributed by atoms with Crippen LogP contribution in [0.4, 0.5) is 5.82 Å². The van der Waals surface area contributed by atoms with Gasteiger partial charge in [0.05, 0.1) is 11.1 Å². The van der Waals surface area contributed by atoms with E-state index in [-0.39, 0.29) is 28.9 Å². The summed E-state index contributed by atoms with van der Waals surface area (Å²) in [5.74, 6) is -0.378. The van der Waals surface area contributed by atoms with Gasteiger partial charge in [0.25, 0.3) is 17.7 Å². The van der Waals surface area contributed by atoms with Crippen LogP contribution >= 0.6 is 0 Å². The van der Waals surface area contributed by atoms with Crippen LogP contribution in [-0.2, 0) is 0 Å². The fourth-order valence-electron chi connectivity index (χ4n) is 3.61. The number of nitrogens with zero attached hydrogens (tertiary/aromatic N) is 3. The summed E-state index contributed by atoms with van der Waals surface area (Å²) in [5.41, 5.74) is 0.932. The number of carbonyl (C=O) groups excluding carboxylic acids is 3. The van der Waals surface area contributed by atoms with Crippen LogP contribution in [0.1, 0.15) is 63.0 Å². The number of carbonyl (C=O) groups is 3. The Bertz CT molecular complexity index is 917. The lowest BCUT2D eigenvalue weighted by molar-refractivity contribution is 0.0635. The maximum absolute atomic E-state index is 12.8. The Morgan fingerprint density at radius 2 is 1.92 bits per heavy atom. The first-order chi connectivity index (χ1) is 12.5. The molecule has 26 heavy (non-hydrogen) atoms. The Hall–Kier alpha value is -2.96. The van der Waals surface area contributed by atoms with Gasteiger partial charge in [-0.2, -0.15) is 0 Å². The van der Waals surface area contributed by atoms with Crippen LogP contribution in [0, 0.1) is 6.92 Å². The molecule has 7 nitrogen and oxygen atoms in total. The highest BCUT2D eigenvalue weighted by Crippen LogP contribution is 2.29. The van der Waals surface area contributed by atoms with Crippen LogP contribution < -0.4 is 4.90 Å². The third-order valence-corrected chi connectivity index (χ3v) is 5.04. The molecule has 1 aromatic carbocycles. The monoisotopic (exact) mass is 353 g/mol. The van der Waals surface area contributed by atoms with Gasteiger partial charge in [-0.05, 0) is 51.3 Å². The zero-order valence-electron chi connectivity index (χ0n) is 14.7. The summed E-state index contributed by atoms with van der Waals surface area (Å²) in [4.78, 5) is 41.0. The van der Waals surface area contributed by atoms with Crippen molar-refractivity contribution in [3.05, 3.63) is 46.7 Å². The van der Waals surface area contributed by atoms with Crippen molar-refractivity contribution in [2.75, 3.05) is 11.4 Å². The van der Waals surface area contributed by atoms with Gasteiger partial charge in [-0.25, -0.2) is 4.90 Å². The molecular weight excluding hydrogens is 334 g/mol. The number of fused-ring (bicyclic) bond motifs is 1. The Balaban J connectivity index is 1.67. The standard InChI is InChI=1S/C19H19N3O4/c1-11-5-3-4-8-21(11)17(23)13-6-7-14-15(10-13)19(25)22(18(14)24)16-9-12(2)26-20-16/h6-7,9-11H,3-5,8H2,1-2H3. The van der Waals surface area contributed by atoms with E-state index >= 15 is 0 Å². The molecule has 134 valence electrons. The lowest BCUT2D eigenvalue weighted by Crippen LogP contribution is -2.42. The molecule has 3 heterocycles. The number of benzene rings is 1. The molecule has 7 heteroatoms. The van der Waals surface area contributed by atoms with Gasteiger partial charge >= 0.3 is 0 Å². The van der Waals surface area contributed by atoms with Gasteiger partial charge < -0.3 is 9.42 Å². The Kier molecular flexibility index (Phi) is 3.86. The second-order valence-corrected chi connectivity index (χ2v) is 6.85. The number of rotatable bonds is 2. The minimum absolute atomic E-state index is 0.101. The van der Waals surface area contributed by atoms with Crippen LogP contribution in [0.15, 0.2) is 28.8 Å². The molecule has 1 atom stereocenters. The van der Waals surface area contributed by atoms with Gasteiger partial charge in [0, 0.05) is 24.2 Å². The summed E-state index contributed by atoms with van der Waals surface area (Å²) < 4.78 is 4.97. The van der Waals surface area contributed by atoms with Crippen molar-refractivity contribution in [1.29, 1.82) is 0 Å². The van der Waals surface area contributed by atoms with Gasteiger partial charge in [-0.15, -0.1) is 0 Å². The molecule has 3 amide bonds. The quantitative estimate of drug-likeness (QED) is 0.775. The minimum Gasteiger partial charge on any atom is -0.360 e. The smallest absolute Gasteiger partial charge is 0.267 e. The molecule has 0 bridgehead atoms. The number of amides is 3. The van der Waals surface area contributed by atoms with Crippen molar-refractivity contribution in [2.24, 2.45) is 0 Å². The average Bonchev–Trinajstić information content (AvgIpc) is 3.16. The summed E-state index contributed by atoms with van der Waals surface area (Å²) in [6, 6.07) is 6.39. The highest BCUT2D eigenvalue weighted by Gasteiger charge is 2.39. The van der Waals surface area contributed by atoms with E-state index in [2.05, 4.69) is 5.16 Å². The van der Waals surface area contributed by atoms with Crippen LogP contribution in [0.2, 0.25) is 0 Å². The number of piperidine rings is 1. The van der Waals surface area contributed by atoms with Crippen LogP contribution in [0.3, 0.4) is 0 Å². The summed E-state index contributed by atoms with van der Waals surface area (Å²) in [5, 5.41) is 3.76. The highest BCUT2D eigenvalue weighted by atomic mass is 16.5. The molecule has 4 rings (SSSR count). The zero-order valence-corrected chi connectivity index (χ0v) is 14.7. The summed E-state index contributed by atoms with van der Waals surface area (Å²) in [6.07, 6.45) is 3.08. The predicted octanol–water partition coefficient (Wildman–Crippen LogP) is 2.80. The van der Waals surface area contributed by atoms with Gasteiger partial charge in [-0.3, -0.25) is 14.4 Å². The first kappa shape index (κ1) is 16.5. The second kappa shape index (κ2) is 6.09. The van der Waals surface area contributed by atoms with E-state index in [1.165, 1.54) is 12.1 Å². The number of hydrogen-bond acceptors (Lipinski definition) is 5. The number of imide groups is 1. The molecule has 1 unspecified atom stereocenters. The molecule has 0 radical (unpaired) electrons. The topological polar surface area (TPSA) is 83.7 Å². The average molecular weight is 353 g/mol. The SMILES string of the molecule is Cc1cc(N2C(=O)c3ccc(C(=O)N4CCCCC4C)cc3C2=O)no1. The Morgan fingerprint density at radius 1 is 1.15 bits per heavy atom. The predicted molar refractivity (Wildman–Crippen MR) is 93.2 cm³/mol. The molecule has 1 saturated heterocycles. The van der Waals surface area contributed by atoms with E-state index in [1.54, 1.807) is 19.1 Å². The van der Waals surface area contributed by atoms with Gasteiger partial charge in [0.15, 0.2) is 5.82 Å². The van der Waals surface area contributed by atoms with Crippen LogP contribution in [0.5, 0.6) is 0 Å². The van der Waals surface area contributed by atoms with Crippen molar-refractivity contribution in [2.45, 2.75) is 39.2 Å². The van der Waals surface area contributed by atoms with Crippen molar-refractivity contribution >= 4 is 23.5 Å². The van der Waals surface area contributed by atoms with E-state index in [4.69, 9.17) is 4.52 Å². The van der Waals surface area contributed by atoms with Gasteiger partial charge in [0.1, 0.15) is 5.76 Å². The number of hydrogen-bond donors (Lipinski definition) is 0. The summed E-state index contributed by atoms with van der Waals surface area (Å²) in [6.45, 7) is 4.44. The highest BCUT2D eigenvalue weighted by molar-refractivity contribution is 6.34. The van der Waals surface area contributed by atoms with E-state index in [9.17, 15) is 14.4 Å². The number of likely N-dealkylation sites (tertiary alicyclic amines) is 1. The maximum Gasteiger partial charge on any atom is 0.267 e. The number of aryl methyl sites for hydroxylation is 1. The molecule has 2 aliphatic rings. The largest absolute Gasteiger partial charge is 0.360 e. The molecule has 0 saturated carbocycles. The molecule has 1 aromatic heterocycles. The van der Waals surface area contributed by atoms with Gasteiger partial charge in [0.2, 0.25) is 0 Å². The molecule has 0 spiro atoms. The minimum atomic E-state index is -0.486. The molecule has 0 N–H and O–H groups in total. The van der Waals surface area contributed by atoms with E-state index in [0.717, 1.165) is 24.2 Å². The van der Waals surface area contributed by atoms with E-state index < -0.39 is 11.8 Å². The molecule has 2 aromatic rings. The third kappa shape index (κ3) is 2.51. The van der Waals surface area contributed by atoms with Gasteiger partial charge in [-0.1, -0.05) is 5.16 Å². The fourth-order valence-corrected chi connectivity index (χ4v) is 3.61. The molecule has 2 aliphatic heterocycles. The Labute approximate surface area is 150 Å². The lowest BCUT2D eigenvalue weighted by atomic mass is 10.0. The zero-order chi connectivity index (χ0) is 18.4. The van der Waals surface area contributed by atoms with Crippen molar-refractivity contribution in [3.8, 4) is 0 Å². The normalized spacial score (nSPS) is 19.8. The fraction of sp³-hybridized carbons (Fsp3) is 0.368. The first-order valence-corrected chi connectivity index (χ1v) is 8.74. The summed E-state index contributed by atoms with van der Waals surface area (Å²) in [7, 11) is 0. The third-order valence-electron chi connectivity index (χ3n) is 5.04. The van der Waals surface area contributed by atoms with Crippen LogP contribution in [-0.4, -0.2) is 40.4 Å². The van der Waals surface area contributed by atoms with Crippen molar-refractivity contribution < 1.29 is 18.9 Å². The van der Waals surface area contributed by atoms with E-state index in [0.29, 0.717) is 17.9 Å².